The standard InChI is InChI=1S/C37H33N7O4/c1-21-9-11-23(12-10-21)37(15-16-37)44-28(41-26-8-4-6-22(7-5-17-45)29(26)35(44)47)19-43-34-30(33(38)39-20-40-34)31(42-43)24-13-14-27(46)32-25(24)18-36(2,3)48-32/h4,6,8-14,20,45-46H,15-19H2,1-3H3,(H2,38,39,40). The molecule has 3 aromatic carbocycles. The monoisotopic (exact) mass is 639 g/mol. The van der Waals surface area contributed by atoms with E-state index in [0.717, 1.165) is 35.1 Å². The fourth-order valence-corrected chi connectivity index (χ4v) is 7.01. The molecule has 8 rings (SSSR count). The Balaban J connectivity index is 1.36. The number of aliphatic hydroxyl groups excluding tert-OH is 1. The lowest BCUT2D eigenvalue weighted by Crippen LogP contribution is -2.36. The van der Waals surface area contributed by atoms with Crippen LogP contribution in [0.25, 0.3) is 33.2 Å². The van der Waals surface area contributed by atoms with E-state index in [1.807, 2.05) is 26.8 Å². The first-order valence-electron chi connectivity index (χ1n) is 15.8. The lowest BCUT2D eigenvalue weighted by atomic mass is 9.95. The molecule has 1 aliphatic heterocycles. The first-order valence-corrected chi connectivity index (χ1v) is 15.8. The van der Waals surface area contributed by atoms with Crippen LogP contribution in [0.4, 0.5) is 5.82 Å². The van der Waals surface area contributed by atoms with Gasteiger partial charge >= 0.3 is 0 Å². The van der Waals surface area contributed by atoms with Crippen molar-refractivity contribution >= 4 is 27.8 Å². The summed E-state index contributed by atoms with van der Waals surface area (Å²) in [6.07, 6.45) is 3.47. The van der Waals surface area contributed by atoms with Crippen LogP contribution in [0.3, 0.4) is 0 Å². The lowest BCUT2D eigenvalue weighted by Gasteiger charge is -2.24. The molecular formula is C37H33N7O4. The molecule has 0 bridgehead atoms. The first kappa shape index (κ1) is 29.7. The number of benzene rings is 3. The van der Waals surface area contributed by atoms with Gasteiger partial charge in [0, 0.05) is 23.1 Å². The molecule has 0 spiro atoms. The number of nitrogens with zero attached hydrogens (tertiary/aromatic N) is 6. The first-order chi connectivity index (χ1) is 23.1. The summed E-state index contributed by atoms with van der Waals surface area (Å²) in [5.41, 5.74) is 10.9. The average Bonchev–Trinajstić information content (AvgIpc) is 3.66. The second-order valence-corrected chi connectivity index (χ2v) is 13.2. The Bertz CT molecular complexity index is 2410. The highest BCUT2D eigenvalue weighted by Crippen LogP contribution is 2.50. The van der Waals surface area contributed by atoms with Crippen LogP contribution in [0.1, 0.15) is 54.8 Å². The summed E-state index contributed by atoms with van der Waals surface area (Å²) in [6.45, 7) is 5.77. The Morgan fingerprint density at radius 1 is 1.04 bits per heavy atom. The summed E-state index contributed by atoms with van der Waals surface area (Å²) in [7, 11) is 0. The smallest absolute Gasteiger partial charge is 0.263 e. The number of nitrogens with two attached hydrogens (primary N) is 1. The van der Waals surface area contributed by atoms with Crippen molar-refractivity contribution in [1.82, 2.24) is 29.3 Å². The van der Waals surface area contributed by atoms with Crippen molar-refractivity contribution in [2.24, 2.45) is 0 Å². The molecule has 0 saturated heterocycles. The fraction of sp³-hybridized carbons (Fsp3) is 0.270. The third-order valence-corrected chi connectivity index (χ3v) is 9.34. The number of aromatic nitrogens is 6. The van der Waals surface area contributed by atoms with Crippen LogP contribution in [-0.2, 0) is 18.5 Å². The molecule has 0 unspecified atom stereocenters. The Labute approximate surface area is 275 Å². The molecule has 1 saturated carbocycles. The van der Waals surface area contributed by atoms with E-state index < -0.39 is 11.1 Å². The molecular weight excluding hydrogens is 606 g/mol. The Morgan fingerprint density at radius 2 is 1.83 bits per heavy atom. The maximum absolute atomic E-state index is 14.7. The number of ether oxygens (including phenoxy) is 1. The van der Waals surface area contributed by atoms with Gasteiger partial charge in [-0.15, -0.1) is 0 Å². The van der Waals surface area contributed by atoms with E-state index in [0.29, 0.717) is 51.2 Å². The largest absolute Gasteiger partial charge is 0.504 e. The van der Waals surface area contributed by atoms with Crippen LogP contribution in [0.2, 0.25) is 0 Å². The summed E-state index contributed by atoms with van der Waals surface area (Å²) >= 11 is 0. The second-order valence-electron chi connectivity index (χ2n) is 13.2. The molecule has 0 amide bonds. The van der Waals surface area contributed by atoms with Crippen LogP contribution in [0.15, 0.2) is 65.7 Å². The van der Waals surface area contributed by atoms with Crippen LogP contribution >= 0.6 is 0 Å². The van der Waals surface area contributed by atoms with Gasteiger partial charge < -0.3 is 20.7 Å². The van der Waals surface area contributed by atoms with E-state index in [-0.39, 0.29) is 30.3 Å². The molecule has 0 radical (unpaired) electrons. The topological polar surface area (TPSA) is 154 Å². The molecule has 11 heteroatoms. The van der Waals surface area contributed by atoms with Gasteiger partial charge in [-0.25, -0.2) is 19.6 Å². The summed E-state index contributed by atoms with van der Waals surface area (Å²) in [4.78, 5) is 28.7. The highest BCUT2D eigenvalue weighted by atomic mass is 16.5. The summed E-state index contributed by atoms with van der Waals surface area (Å²) in [5.74, 6) is 6.88. The van der Waals surface area contributed by atoms with Gasteiger partial charge in [0.1, 0.15) is 42.4 Å². The predicted molar refractivity (Wildman–Crippen MR) is 182 cm³/mol. The molecule has 48 heavy (non-hydrogen) atoms. The van der Waals surface area contributed by atoms with Crippen LogP contribution in [0.5, 0.6) is 11.5 Å². The second kappa shape index (κ2) is 10.7. The molecule has 1 aliphatic carbocycles. The quantitative estimate of drug-likeness (QED) is 0.232. The molecule has 1 fully saturated rings. The number of anilines is 1. The minimum absolute atomic E-state index is 0.0607. The zero-order valence-corrected chi connectivity index (χ0v) is 26.8. The van der Waals surface area contributed by atoms with Gasteiger partial charge in [-0.3, -0.25) is 9.36 Å². The zero-order chi connectivity index (χ0) is 33.4. The number of hydrogen-bond acceptors (Lipinski definition) is 9. The van der Waals surface area contributed by atoms with Gasteiger partial charge in [0.15, 0.2) is 17.1 Å². The average molecular weight is 640 g/mol. The van der Waals surface area contributed by atoms with E-state index in [2.05, 4.69) is 46.1 Å². The number of nitrogen functional groups attached to an aromatic ring is 1. The molecule has 6 aromatic rings. The lowest BCUT2D eigenvalue weighted by molar-refractivity contribution is 0.134. The Morgan fingerprint density at radius 3 is 2.58 bits per heavy atom. The van der Waals surface area contributed by atoms with Crippen molar-refractivity contribution in [3.63, 3.8) is 0 Å². The van der Waals surface area contributed by atoms with Gasteiger partial charge in [0.2, 0.25) is 0 Å². The minimum Gasteiger partial charge on any atom is -0.504 e. The minimum atomic E-state index is -0.598. The molecule has 2 aliphatic rings. The van der Waals surface area contributed by atoms with Crippen molar-refractivity contribution in [3.05, 3.63) is 99.4 Å². The van der Waals surface area contributed by atoms with Crippen molar-refractivity contribution in [2.75, 3.05) is 12.3 Å². The van der Waals surface area contributed by atoms with Crippen LogP contribution in [0, 0.1) is 18.8 Å². The fourth-order valence-electron chi connectivity index (χ4n) is 7.01. The predicted octanol–water partition coefficient (Wildman–Crippen LogP) is 4.44. The van der Waals surface area contributed by atoms with E-state index >= 15 is 0 Å². The highest BCUT2D eigenvalue weighted by molar-refractivity contribution is 5.99. The van der Waals surface area contributed by atoms with Crippen molar-refractivity contribution in [3.8, 4) is 34.6 Å². The molecule has 4 heterocycles. The number of rotatable bonds is 5. The van der Waals surface area contributed by atoms with E-state index in [4.69, 9.17) is 20.6 Å². The normalized spacial score (nSPS) is 15.6. The maximum atomic E-state index is 14.7. The Kier molecular flexibility index (Phi) is 6.58. The van der Waals surface area contributed by atoms with E-state index in [1.54, 1.807) is 33.5 Å². The highest BCUT2D eigenvalue weighted by Gasteiger charge is 2.49. The third-order valence-electron chi connectivity index (χ3n) is 9.34. The van der Waals surface area contributed by atoms with Crippen LogP contribution < -0.4 is 16.0 Å². The Hall–Kier alpha value is -5.73. The molecule has 3 aromatic heterocycles. The molecule has 4 N–H and O–H groups in total. The number of aryl methyl sites for hydroxylation is 1. The van der Waals surface area contributed by atoms with Crippen molar-refractivity contribution < 1.29 is 14.9 Å². The van der Waals surface area contributed by atoms with E-state index in [9.17, 15) is 15.0 Å². The van der Waals surface area contributed by atoms with Crippen molar-refractivity contribution in [2.45, 2.75) is 57.7 Å². The number of fused-ring (bicyclic) bond motifs is 3. The molecule has 0 atom stereocenters. The van der Waals surface area contributed by atoms with Gasteiger partial charge in [-0.05, 0) is 63.4 Å². The maximum Gasteiger partial charge on any atom is 0.263 e. The van der Waals surface area contributed by atoms with E-state index in [1.165, 1.54) is 6.33 Å². The summed E-state index contributed by atoms with van der Waals surface area (Å²) in [5, 5.41) is 26.1. The van der Waals surface area contributed by atoms with Gasteiger partial charge in [0.05, 0.1) is 21.8 Å². The van der Waals surface area contributed by atoms with Gasteiger partial charge in [-0.2, -0.15) is 5.10 Å². The number of hydrogen-bond donors (Lipinski definition) is 3. The van der Waals surface area contributed by atoms with Gasteiger partial charge in [-0.1, -0.05) is 47.7 Å². The number of aliphatic hydroxyl groups is 1. The zero-order valence-electron chi connectivity index (χ0n) is 26.8. The molecule has 11 nitrogen and oxygen atoms in total. The summed E-state index contributed by atoms with van der Waals surface area (Å²) < 4.78 is 9.63. The third kappa shape index (κ3) is 4.59. The number of aromatic hydroxyl groups is 1. The summed E-state index contributed by atoms with van der Waals surface area (Å²) in [6, 6.07) is 17.1. The number of phenols is 1. The van der Waals surface area contributed by atoms with Crippen molar-refractivity contribution in [1.29, 1.82) is 0 Å². The number of phenolic OH excluding ortho intramolecular Hbond substituents is 1. The molecule has 240 valence electrons. The SMILES string of the molecule is Cc1ccc(C2(n3c(Cn4nc(-c5ccc(O)c6c5CC(C)(C)O6)c5c(N)ncnc54)nc4cccc(C#CCO)c4c3=O)CC2)cc1. The van der Waals surface area contributed by atoms with Crippen LogP contribution in [-0.4, -0.2) is 51.7 Å². The van der Waals surface area contributed by atoms with Gasteiger partial charge in [0.25, 0.3) is 5.56 Å².